The topological polar surface area (TPSA) is 76.6 Å². The molecule has 1 aromatic rings. The molecule has 0 N–H and O–H groups in total. The van der Waals surface area contributed by atoms with E-state index in [9.17, 15) is 13.2 Å². The van der Waals surface area contributed by atoms with E-state index in [1.54, 1.807) is 13.8 Å². The average molecular weight is 307 g/mol. The van der Waals surface area contributed by atoms with E-state index in [0.717, 1.165) is 4.31 Å². The average Bonchev–Trinajstić information content (AvgIpc) is 2.35. The largest absolute Gasteiger partial charge is 0.468 e. The molecule has 0 fully saturated rings. The molecule has 1 rings (SSSR count). The Hall–Kier alpha value is -1.18. The van der Waals surface area contributed by atoms with Gasteiger partial charge in [0.2, 0.25) is 10.0 Å². The first-order valence-corrected chi connectivity index (χ1v) is 7.31. The van der Waals surface area contributed by atoms with Gasteiger partial charge in [0, 0.05) is 12.2 Å². The van der Waals surface area contributed by atoms with Crippen LogP contribution >= 0.6 is 11.6 Å². The molecule has 0 spiro atoms. The lowest BCUT2D eigenvalue weighted by Crippen LogP contribution is -2.41. The molecule has 0 amide bonds. The van der Waals surface area contributed by atoms with E-state index >= 15 is 0 Å². The molecule has 0 radical (unpaired) electrons. The minimum absolute atomic E-state index is 0.127. The highest BCUT2D eigenvalue weighted by molar-refractivity contribution is 7.89. The fraction of sp³-hybridized carbons (Fsp3) is 0.455. The first-order valence-electron chi connectivity index (χ1n) is 5.50. The zero-order chi connectivity index (χ0) is 14.6. The summed E-state index contributed by atoms with van der Waals surface area (Å²) in [4.78, 5) is 14.9. The highest BCUT2D eigenvalue weighted by Crippen LogP contribution is 2.23. The zero-order valence-corrected chi connectivity index (χ0v) is 12.4. The summed E-state index contributed by atoms with van der Waals surface area (Å²) in [6.45, 7) is 2.94. The maximum atomic E-state index is 12.4. The standard InChI is InChI=1S/C11H15ClN2O4S/c1-8(2)14(7-10(15)18-3)19(16,17)9-5-4-6-13-11(9)12/h4-6,8H,7H2,1-3H3. The summed E-state index contributed by atoms with van der Waals surface area (Å²) in [6.07, 6.45) is 1.39. The summed E-state index contributed by atoms with van der Waals surface area (Å²) in [5, 5.41) is -0.127. The third-order valence-electron chi connectivity index (χ3n) is 2.40. The summed E-state index contributed by atoms with van der Waals surface area (Å²) in [5.41, 5.74) is 0. The molecule has 19 heavy (non-hydrogen) atoms. The third kappa shape index (κ3) is 3.65. The number of hydrogen-bond donors (Lipinski definition) is 0. The fourth-order valence-electron chi connectivity index (χ4n) is 1.43. The van der Waals surface area contributed by atoms with Crippen molar-refractivity contribution in [3.8, 4) is 0 Å². The van der Waals surface area contributed by atoms with Crippen LogP contribution in [0.4, 0.5) is 0 Å². The van der Waals surface area contributed by atoms with Gasteiger partial charge < -0.3 is 4.74 Å². The number of halogens is 1. The van der Waals surface area contributed by atoms with Crippen LogP contribution in [0, 0.1) is 0 Å². The lowest BCUT2D eigenvalue weighted by Gasteiger charge is -2.24. The van der Waals surface area contributed by atoms with E-state index in [4.69, 9.17) is 11.6 Å². The number of carbonyl (C=O) groups excluding carboxylic acids is 1. The van der Waals surface area contributed by atoms with Crippen LogP contribution in [0.2, 0.25) is 5.15 Å². The highest BCUT2D eigenvalue weighted by atomic mass is 35.5. The second-order valence-corrected chi connectivity index (χ2v) is 6.23. The number of methoxy groups -OCH3 is 1. The van der Waals surface area contributed by atoms with Crippen molar-refractivity contribution in [1.82, 2.24) is 9.29 Å². The first-order chi connectivity index (χ1) is 8.80. The van der Waals surface area contributed by atoms with Gasteiger partial charge >= 0.3 is 5.97 Å². The van der Waals surface area contributed by atoms with Crippen molar-refractivity contribution in [3.63, 3.8) is 0 Å². The summed E-state index contributed by atoms with van der Waals surface area (Å²) in [5.74, 6) is -0.641. The first kappa shape index (κ1) is 15.9. The van der Waals surface area contributed by atoms with Crippen LogP contribution in [0.5, 0.6) is 0 Å². The second-order valence-electron chi connectivity index (χ2n) is 4.01. The van der Waals surface area contributed by atoms with Crippen LogP contribution in [0.15, 0.2) is 23.2 Å². The Morgan fingerprint density at radius 1 is 1.53 bits per heavy atom. The van der Waals surface area contributed by atoms with Crippen LogP contribution in [-0.4, -0.2) is 43.4 Å². The zero-order valence-electron chi connectivity index (χ0n) is 10.8. The van der Waals surface area contributed by atoms with E-state index in [-0.39, 0.29) is 16.6 Å². The molecule has 0 aliphatic rings. The van der Waals surface area contributed by atoms with E-state index in [0.29, 0.717) is 0 Å². The van der Waals surface area contributed by atoms with Crippen LogP contribution in [0.25, 0.3) is 0 Å². The van der Waals surface area contributed by atoms with Gasteiger partial charge in [0.05, 0.1) is 7.11 Å². The maximum absolute atomic E-state index is 12.4. The van der Waals surface area contributed by atoms with E-state index in [2.05, 4.69) is 9.72 Å². The highest BCUT2D eigenvalue weighted by Gasteiger charge is 2.31. The number of esters is 1. The molecule has 106 valence electrons. The van der Waals surface area contributed by atoms with Gasteiger partial charge in [0.25, 0.3) is 0 Å². The third-order valence-corrected chi connectivity index (χ3v) is 4.87. The van der Waals surface area contributed by atoms with Crippen LogP contribution in [0.1, 0.15) is 13.8 Å². The van der Waals surface area contributed by atoms with Crippen molar-refractivity contribution in [1.29, 1.82) is 0 Å². The number of aromatic nitrogens is 1. The Balaban J connectivity index is 3.21. The van der Waals surface area contributed by atoms with Crippen molar-refractivity contribution in [2.45, 2.75) is 24.8 Å². The Morgan fingerprint density at radius 3 is 2.63 bits per heavy atom. The lowest BCUT2D eigenvalue weighted by molar-refractivity contribution is -0.141. The number of rotatable bonds is 5. The molecule has 0 aliphatic carbocycles. The second kappa shape index (κ2) is 6.31. The minimum atomic E-state index is -3.90. The van der Waals surface area contributed by atoms with Gasteiger partial charge in [0.1, 0.15) is 16.6 Å². The van der Waals surface area contributed by atoms with Crippen molar-refractivity contribution in [2.75, 3.05) is 13.7 Å². The molecular weight excluding hydrogens is 292 g/mol. The molecule has 1 heterocycles. The van der Waals surface area contributed by atoms with Crippen molar-refractivity contribution >= 4 is 27.6 Å². The van der Waals surface area contributed by atoms with Crippen LogP contribution in [0.3, 0.4) is 0 Å². The number of carbonyl (C=O) groups is 1. The summed E-state index contributed by atoms with van der Waals surface area (Å²) in [6, 6.07) is 2.40. The van der Waals surface area contributed by atoms with Gasteiger partial charge in [-0.15, -0.1) is 0 Å². The van der Waals surface area contributed by atoms with Crippen LogP contribution in [-0.2, 0) is 19.6 Å². The van der Waals surface area contributed by atoms with Crippen LogP contribution < -0.4 is 0 Å². The predicted octanol–water partition coefficient (Wildman–Crippen LogP) is 1.31. The monoisotopic (exact) mass is 306 g/mol. The molecule has 6 nitrogen and oxygen atoms in total. The lowest BCUT2D eigenvalue weighted by atomic mass is 10.4. The van der Waals surface area contributed by atoms with E-state index < -0.39 is 22.0 Å². The maximum Gasteiger partial charge on any atom is 0.321 e. The smallest absolute Gasteiger partial charge is 0.321 e. The summed E-state index contributed by atoms with van der Waals surface area (Å²) < 4.78 is 30.4. The van der Waals surface area contributed by atoms with Gasteiger partial charge in [-0.25, -0.2) is 13.4 Å². The molecular formula is C11H15ClN2O4S. The SMILES string of the molecule is COC(=O)CN(C(C)C)S(=O)(=O)c1cccnc1Cl. The van der Waals surface area contributed by atoms with Gasteiger partial charge in [-0.05, 0) is 26.0 Å². The summed E-state index contributed by atoms with van der Waals surface area (Å²) >= 11 is 5.79. The Bertz CT molecular complexity index is 560. The number of nitrogens with zero attached hydrogens (tertiary/aromatic N) is 2. The molecule has 0 bridgehead atoms. The van der Waals surface area contributed by atoms with E-state index in [1.165, 1.54) is 25.4 Å². The molecule has 0 unspecified atom stereocenters. The van der Waals surface area contributed by atoms with E-state index in [1.807, 2.05) is 0 Å². The number of hydrogen-bond acceptors (Lipinski definition) is 5. The molecule has 8 heteroatoms. The molecule has 0 aromatic carbocycles. The van der Waals surface area contributed by atoms with Crippen molar-refractivity contribution in [3.05, 3.63) is 23.5 Å². The Kier molecular flexibility index (Phi) is 5.28. The molecule has 0 aliphatic heterocycles. The molecule has 0 saturated carbocycles. The Labute approximate surface area is 117 Å². The van der Waals surface area contributed by atoms with Gasteiger partial charge in [-0.1, -0.05) is 11.6 Å². The van der Waals surface area contributed by atoms with Crippen molar-refractivity contribution < 1.29 is 17.9 Å². The molecule has 0 atom stereocenters. The fourth-order valence-corrected chi connectivity index (χ4v) is 3.44. The summed E-state index contributed by atoms with van der Waals surface area (Å²) in [7, 11) is -2.70. The Morgan fingerprint density at radius 2 is 2.16 bits per heavy atom. The van der Waals surface area contributed by atoms with Gasteiger partial charge in [-0.3, -0.25) is 4.79 Å². The normalized spacial score (nSPS) is 11.9. The number of ether oxygens (including phenoxy) is 1. The minimum Gasteiger partial charge on any atom is -0.468 e. The number of sulfonamides is 1. The van der Waals surface area contributed by atoms with Gasteiger partial charge in [-0.2, -0.15) is 4.31 Å². The van der Waals surface area contributed by atoms with Gasteiger partial charge in [0.15, 0.2) is 0 Å². The quantitative estimate of drug-likeness (QED) is 0.605. The predicted molar refractivity (Wildman–Crippen MR) is 70.3 cm³/mol. The molecule has 1 aromatic heterocycles. The number of pyridine rings is 1. The molecule has 0 saturated heterocycles. The van der Waals surface area contributed by atoms with Crippen molar-refractivity contribution in [2.24, 2.45) is 0 Å².